The van der Waals surface area contributed by atoms with Crippen LogP contribution >= 0.6 is 0 Å². The van der Waals surface area contributed by atoms with Gasteiger partial charge in [0.1, 0.15) is 12.1 Å². The first-order chi connectivity index (χ1) is 13.4. The first-order valence-electron chi connectivity index (χ1n) is 10.5. The Hall–Kier alpha value is -2.12. The van der Waals surface area contributed by atoms with Crippen LogP contribution in [0, 0.1) is 5.92 Å². The monoisotopic (exact) mass is 393 g/mol. The van der Waals surface area contributed by atoms with E-state index in [1.165, 1.54) is 6.42 Å². The summed E-state index contributed by atoms with van der Waals surface area (Å²) in [6.07, 6.45) is 8.71. The summed E-state index contributed by atoms with van der Waals surface area (Å²) >= 11 is 0. The summed E-state index contributed by atoms with van der Waals surface area (Å²) in [5.74, 6) is -1.27. The van der Waals surface area contributed by atoms with Crippen molar-refractivity contribution in [2.75, 3.05) is 26.2 Å². The van der Waals surface area contributed by atoms with Crippen LogP contribution < -0.4 is 5.32 Å². The molecule has 0 aromatic carbocycles. The maximum absolute atomic E-state index is 12.9. The van der Waals surface area contributed by atoms with Crippen LogP contribution in [0.3, 0.4) is 0 Å². The third-order valence-corrected chi connectivity index (χ3v) is 6.35. The van der Waals surface area contributed by atoms with Crippen molar-refractivity contribution in [3.8, 4) is 0 Å². The maximum Gasteiger partial charge on any atom is 0.326 e. The summed E-state index contributed by atoms with van der Waals surface area (Å²) in [6, 6.07) is -0.550. The third kappa shape index (κ3) is 4.31. The molecule has 4 amide bonds. The van der Waals surface area contributed by atoms with Crippen LogP contribution in [0.2, 0.25) is 0 Å². The van der Waals surface area contributed by atoms with E-state index in [0.717, 1.165) is 49.8 Å². The topological polar surface area (TPSA) is 96.0 Å². The lowest BCUT2D eigenvalue weighted by molar-refractivity contribution is -0.154. The van der Waals surface area contributed by atoms with Gasteiger partial charge in [-0.15, -0.1) is 0 Å². The number of nitrogens with one attached hydrogen (secondary N) is 1. The van der Waals surface area contributed by atoms with Gasteiger partial charge in [0, 0.05) is 13.1 Å². The molecule has 28 heavy (non-hydrogen) atoms. The first-order valence-corrected chi connectivity index (χ1v) is 10.5. The minimum absolute atomic E-state index is 0.0346. The molecule has 0 unspecified atom stereocenters. The van der Waals surface area contributed by atoms with Gasteiger partial charge in [-0.25, -0.2) is 4.79 Å². The largest absolute Gasteiger partial charge is 0.454 e. The summed E-state index contributed by atoms with van der Waals surface area (Å²) in [5, 5.41) is 2.81. The fraction of sp³-hybridized carbons (Fsp3) is 0.800. The van der Waals surface area contributed by atoms with Crippen molar-refractivity contribution in [3.63, 3.8) is 0 Å². The van der Waals surface area contributed by atoms with Crippen molar-refractivity contribution < 1.29 is 23.9 Å². The zero-order valence-electron chi connectivity index (χ0n) is 16.7. The van der Waals surface area contributed by atoms with Gasteiger partial charge in [0.2, 0.25) is 0 Å². The van der Waals surface area contributed by atoms with Crippen LogP contribution in [0.15, 0.2) is 0 Å². The van der Waals surface area contributed by atoms with E-state index < -0.39 is 24.1 Å². The minimum Gasteiger partial charge on any atom is -0.454 e. The number of nitrogens with zero attached hydrogens (tertiary/aromatic N) is 2. The predicted octanol–water partition coefficient (Wildman–Crippen LogP) is 1.82. The lowest BCUT2D eigenvalue weighted by Crippen LogP contribution is -2.54. The van der Waals surface area contributed by atoms with Crippen LogP contribution in [0.4, 0.5) is 4.79 Å². The molecule has 2 atom stereocenters. The Bertz CT molecular complexity index is 629. The second kappa shape index (κ2) is 8.92. The molecule has 1 spiro atoms. The van der Waals surface area contributed by atoms with Gasteiger partial charge in [0.15, 0.2) is 6.61 Å². The highest BCUT2D eigenvalue weighted by Crippen LogP contribution is 2.38. The van der Waals surface area contributed by atoms with Gasteiger partial charge >= 0.3 is 12.0 Å². The normalized spacial score (nSPS) is 28.7. The lowest BCUT2D eigenvalue weighted by Gasteiger charge is -2.36. The zero-order valence-corrected chi connectivity index (χ0v) is 16.7. The van der Waals surface area contributed by atoms with E-state index in [4.69, 9.17) is 4.74 Å². The summed E-state index contributed by atoms with van der Waals surface area (Å²) < 4.78 is 5.09. The van der Waals surface area contributed by atoms with Crippen molar-refractivity contribution in [2.45, 2.75) is 70.3 Å². The zero-order chi connectivity index (χ0) is 20.1. The molecule has 2 heterocycles. The molecule has 2 aliphatic heterocycles. The molecule has 3 aliphatic rings. The first kappa shape index (κ1) is 20.6. The second-order valence-electron chi connectivity index (χ2n) is 8.25. The van der Waals surface area contributed by atoms with Gasteiger partial charge < -0.3 is 15.0 Å². The van der Waals surface area contributed by atoms with Gasteiger partial charge in [-0.1, -0.05) is 39.0 Å². The van der Waals surface area contributed by atoms with Gasteiger partial charge in [-0.3, -0.25) is 19.3 Å². The Morgan fingerprint density at radius 3 is 2.43 bits per heavy atom. The van der Waals surface area contributed by atoms with Crippen LogP contribution in [0.1, 0.15) is 64.7 Å². The predicted molar refractivity (Wildman–Crippen MR) is 101 cm³/mol. The Balaban J connectivity index is 1.51. The molecule has 2 saturated heterocycles. The van der Waals surface area contributed by atoms with Gasteiger partial charge in [0.05, 0.1) is 0 Å². The average Bonchev–Trinajstić information content (AvgIpc) is 2.87. The lowest BCUT2D eigenvalue weighted by atomic mass is 9.73. The third-order valence-electron chi connectivity index (χ3n) is 6.35. The molecule has 0 bridgehead atoms. The van der Waals surface area contributed by atoms with Crippen LogP contribution in [-0.4, -0.2) is 65.4 Å². The average molecular weight is 393 g/mol. The molecular weight excluding hydrogens is 362 g/mol. The van der Waals surface area contributed by atoms with E-state index in [0.29, 0.717) is 19.5 Å². The Morgan fingerprint density at radius 1 is 1.07 bits per heavy atom. The SMILES string of the molecule is C[C@H]1CCCC[C@]12NC(=O)N(CC(=O)OCC(=O)N1CCCCCCC1)C2=O. The number of amides is 4. The number of hydrogen-bond donors (Lipinski definition) is 1. The van der Waals surface area contributed by atoms with E-state index >= 15 is 0 Å². The summed E-state index contributed by atoms with van der Waals surface area (Å²) in [4.78, 5) is 52.3. The fourth-order valence-corrected chi connectivity index (χ4v) is 4.54. The number of carbonyl (C=O) groups excluding carboxylic acids is 4. The van der Waals surface area contributed by atoms with Crippen LogP contribution in [0.25, 0.3) is 0 Å². The minimum atomic E-state index is -0.893. The Kier molecular flexibility index (Phi) is 6.57. The molecule has 1 aliphatic carbocycles. The number of esters is 1. The van der Waals surface area contributed by atoms with E-state index in [9.17, 15) is 19.2 Å². The molecule has 3 fully saturated rings. The molecule has 0 radical (unpaired) electrons. The number of likely N-dealkylation sites (tertiary alicyclic amines) is 1. The molecule has 8 heteroatoms. The van der Waals surface area contributed by atoms with Gasteiger partial charge in [-0.2, -0.15) is 0 Å². The van der Waals surface area contributed by atoms with Gasteiger partial charge in [-0.05, 0) is 31.6 Å². The highest BCUT2D eigenvalue weighted by atomic mass is 16.5. The molecule has 0 aromatic rings. The summed E-state index contributed by atoms with van der Waals surface area (Å²) in [6.45, 7) is 2.53. The van der Waals surface area contributed by atoms with Gasteiger partial charge in [0.25, 0.3) is 11.8 Å². The van der Waals surface area contributed by atoms with Crippen molar-refractivity contribution in [1.82, 2.24) is 15.1 Å². The van der Waals surface area contributed by atoms with E-state index in [1.807, 2.05) is 6.92 Å². The standard InChI is InChI=1S/C20H31N3O5/c1-15-9-5-6-10-20(15)18(26)23(19(27)21-20)13-17(25)28-14-16(24)22-11-7-3-2-4-8-12-22/h15H,2-14H2,1H3,(H,21,27)/t15-,20-/m0/s1. The van der Waals surface area contributed by atoms with Crippen molar-refractivity contribution in [2.24, 2.45) is 5.92 Å². The van der Waals surface area contributed by atoms with E-state index in [1.54, 1.807) is 4.90 Å². The second-order valence-corrected chi connectivity index (χ2v) is 8.25. The quantitative estimate of drug-likeness (QED) is 0.581. The number of carbonyl (C=O) groups is 4. The molecule has 156 valence electrons. The van der Waals surface area contributed by atoms with Crippen molar-refractivity contribution in [3.05, 3.63) is 0 Å². The molecule has 8 nitrogen and oxygen atoms in total. The molecule has 1 saturated carbocycles. The Labute approximate surface area is 165 Å². The number of imide groups is 1. The van der Waals surface area contributed by atoms with Crippen LogP contribution in [-0.2, 0) is 19.1 Å². The van der Waals surface area contributed by atoms with Crippen molar-refractivity contribution >= 4 is 23.8 Å². The number of rotatable bonds is 4. The molecule has 3 rings (SSSR count). The molecular formula is C20H31N3O5. The highest BCUT2D eigenvalue weighted by Gasteiger charge is 2.55. The molecule has 1 N–H and O–H groups in total. The summed E-state index contributed by atoms with van der Waals surface area (Å²) in [7, 11) is 0. The number of hydrogen-bond acceptors (Lipinski definition) is 5. The Morgan fingerprint density at radius 2 is 1.75 bits per heavy atom. The number of urea groups is 1. The van der Waals surface area contributed by atoms with E-state index in [-0.39, 0.29) is 24.3 Å². The molecule has 0 aromatic heterocycles. The highest BCUT2D eigenvalue weighted by molar-refractivity contribution is 6.09. The van der Waals surface area contributed by atoms with E-state index in [2.05, 4.69) is 5.32 Å². The number of ether oxygens (including phenoxy) is 1. The fourth-order valence-electron chi connectivity index (χ4n) is 4.54. The van der Waals surface area contributed by atoms with Crippen LogP contribution in [0.5, 0.6) is 0 Å². The van der Waals surface area contributed by atoms with Crippen molar-refractivity contribution in [1.29, 1.82) is 0 Å². The maximum atomic E-state index is 12.9. The smallest absolute Gasteiger partial charge is 0.326 e. The summed E-state index contributed by atoms with van der Waals surface area (Å²) in [5.41, 5.74) is -0.893.